The Hall–Kier alpha value is -0.740. The third-order valence-corrected chi connectivity index (χ3v) is 3.60. The van der Waals surface area contributed by atoms with Gasteiger partial charge in [0.2, 0.25) is 0 Å². The highest BCUT2D eigenvalue weighted by Crippen LogP contribution is 2.36. The Morgan fingerprint density at radius 2 is 2.38 bits per heavy atom. The fourth-order valence-corrected chi connectivity index (χ4v) is 2.61. The summed E-state index contributed by atoms with van der Waals surface area (Å²) in [7, 11) is 1.57. The van der Waals surface area contributed by atoms with Crippen molar-refractivity contribution in [2.24, 2.45) is 5.92 Å². The second-order valence-corrected chi connectivity index (χ2v) is 5.05. The minimum absolute atomic E-state index is 0.177. The minimum atomic E-state index is 0.177. The van der Waals surface area contributed by atoms with E-state index in [9.17, 15) is 5.11 Å². The first-order chi connectivity index (χ1) is 7.70. The summed E-state index contributed by atoms with van der Waals surface area (Å²) in [5, 5.41) is 13.1. The molecule has 0 aromatic heterocycles. The average molecular weight is 286 g/mol. The Kier molecular flexibility index (Phi) is 3.71. The maximum absolute atomic E-state index is 9.70. The molecule has 2 rings (SSSR count). The quantitative estimate of drug-likeness (QED) is 0.896. The molecule has 1 fully saturated rings. The van der Waals surface area contributed by atoms with Gasteiger partial charge in [-0.25, -0.2) is 0 Å². The molecule has 1 unspecified atom stereocenters. The van der Waals surface area contributed by atoms with Crippen LogP contribution in [0, 0.1) is 5.92 Å². The van der Waals surface area contributed by atoms with Gasteiger partial charge in [-0.1, -0.05) is 0 Å². The Morgan fingerprint density at radius 3 is 3.00 bits per heavy atom. The third kappa shape index (κ3) is 2.50. The van der Waals surface area contributed by atoms with Crippen LogP contribution in [0.15, 0.2) is 16.6 Å². The monoisotopic (exact) mass is 285 g/mol. The fraction of sp³-hybridized carbons (Fsp3) is 0.500. The van der Waals surface area contributed by atoms with Gasteiger partial charge >= 0.3 is 0 Å². The largest absolute Gasteiger partial charge is 0.503 e. The number of rotatable bonds is 3. The maximum atomic E-state index is 9.70. The molecule has 4 heteroatoms. The summed E-state index contributed by atoms with van der Waals surface area (Å²) in [4.78, 5) is 0. The molecule has 0 saturated carbocycles. The molecular formula is C12H16BrNO2. The van der Waals surface area contributed by atoms with Crippen LogP contribution in [0.5, 0.6) is 11.5 Å². The van der Waals surface area contributed by atoms with Gasteiger partial charge in [0.25, 0.3) is 0 Å². The lowest BCUT2D eigenvalue weighted by Crippen LogP contribution is -2.10. The summed E-state index contributed by atoms with van der Waals surface area (Å²) in [6.07, 6.45) is 2.25. The van der Waals surface area contributed by atoms with E-state index in [1.165, 1.54) is 12.0 Å². The molecule has 0 aliphatic carbocycles. The molecule has 0 spiro atoms. The first-order valence-corrected chi connectivity index (χ1v) is 6.26. The van der Waals surface area contributed by atoms with Crippen LogP contribution in [-0.4, -0.2) is 25.3 Å². The second-order valence-electron chi connectivity index (χ2n) is 4.19. The number of hydrogen-bond acceptors (Lipinski definition) is 3. The molecular weight excluding hydrogens is 270 g/mol. The van der Waals surface area contributed by atoms with E-state index in [0.29, 0.717) is 16.1 Å². The van der Waals surface area contributed by atoms with Gasteiger partial charge in [-0.3, -0.25) is 0 Å². The van der Waals surface area contributed by atoms with Crippen LogP contribution in [0.3, 0.4) is 0 Å². The van der Waals surface area contributed by atoms with Gasteiger partial charge in [0.1, 0.15) is 0 Å². The van der Waals surface area contributed by atoms with Gasteiger partial charge in [-0.05, 0) is 65.5 Å². The molecule has 1 aromatic carbocycles. The molecule has 1 aliphatic heterocycles. The second kappa shape index (κ2) is 5.06. The van der Waals surface area contributed by atoms with Crippen LogP contribution >= 0.6 is 15.9 Å². The fourth-order valence-electron chi connectivity index (χ4n) is 2.12. The summed E-state index contributed by atoms with van der Waals surface area (Å²) in [5.41, 5.74) is 1.20. The highest BCUT2D eigenvalue weighted by atomic mass is 79.9. The third-order valence-electron chi connectivity index (χ3n) is 2.99. The highest BCUT2D eigenvalue weighted by Gasteiger charge is 2.16. The van der Waals surface area contributed by atoms with Crippen molar-refractivity contribution in [1.29, 1.82) is 0 Å². The Morgan fingerprint density at radius 1 is 1.56 bits per heavy atom. The predicted molar refractivity (Wildman–Crippen MR) is 67.0 cm³/mol. The molecule has 1 saturated heterocycles. The van der Waals surface area contributed by atoms with Crippen molar-refractivity contribution in [3.63, 3.8) is 0 Å². The Balaban J connectivity index is 2.17. The molecule has 88 valence electrons. The zero-order chi connectivity index (χ0) is 11.5. The van der Waals surface area contributed by atoms with E-state index in [1.54, 1.807) is 7.11 Å². The minimum Gasteiger partial charge on any atom is -0.503 e. The zero-order valence-electron chi connectivity index (χ0n) is 9.29. The average Bonchev–Trinajstić information content (AvgIpc) is 2.76. The van der Waals surface area contributed by atoms with Crippen LogP contribution < -0.4 is 10.1 Å². The standard InChI is InChI=1S/C12H16BrNO2/c1-16-11-6-9(5-10(13)12(11)15)4-8-2-3-14-7-8/h5-6,8,14-15H,2-4,7H2,1H3. The van der Waals surface area contributed by atoms with E-state index in [2.05, 4.69) is 21.2 Å². The van der Waals surface area contributed by atoms with E-state index >= 15 is 0 Å². The van der Waals surface area contributed by atoms with Crippen molar-refractivity contribution in [3.8, 4) is 11.5 Å². The zero-order valence-corrected chi connectivity index (χ0v) is 10.9. The molecule has 1 aromatic rings. The van der Waals surface area contributed by atoms with E-state index in [0.717, 1.165) is 19.5 Å². The molecule has 1 atom stereocenters. The Labute approximate surface area is 104 Å². The van der Waals surface area contributed by atoms with Crippen molar-refractivity contribution >= 4 is 15.9 Å². The number of aromatic hydroxyl groups is 1. The van der Waals surface area contributed by atoms with E-state index in [1.807, 2.05) is 12.1 Å². The molecule has 16 heavy (non-hydrogen) atoms. The van der Waals surface area contributed by atoms with Gasteiger partial charge in [0.15, 0.2) is 11.5 Å². The summed E-state index contributed by atoms with van der Waals surface area (Å²) in [6, 6.07) is 3.88. The lowest BCUT2D eigenvalue weighted by molar-refractivity contribution is 0.371. The molecule has 0 bridgehead atoms. The molecule has 0 radical (unpaired) electrons. The number of hydrogen-bond donors (Lipinski definition) is 2. The molecule has 0 amide bonds. The van der Waals surface area contributed by atoms with Crippen molar-refractivity contribution in [1.82, 2.24) is 5.32 Å². The summed E-state index contributed by atoms with van der Waals surface area (Å²) in [5.74, 6) is 1.41. The number of methoxy groups -OCH3 is 1. The topological polar surface area (TPSA) is 41.5 Å². The van der Waals surface area contributed by atoms with Crippen LogP contribution in [0.1, 0.15) is 12.0 Å². The van der Waals surface area contributed by atoms with Gasteiger partial charge in [0.05, 0.1) is 11.6 Å². The van der Waals surface area contributed by atoms with Crippen molar-refractivity contribution in [2.75, 3.05) is 20.2 Å². The molecule has 3 nitrogen and oxygen atoms in total. The van der Waals surface area contributed by atoms with Crippen molar-refractivity contribution in [3.05, 3.63) is 22.2 Å². The predicted octanol–water partition coefficient (Wildman–Crippen LogP) is 2.32. The van der Waals surface area contributed by atoms with Gasteiger partial charge in [-0.2, -0.15) is 0 Å². The molecule has 1 heterocycles. The van der Waals surface area contributed by atoms with Gasteiger partial charge < -0.3 is 15.2 Å². The first kappa shape index (κ1) is 11.7. The maximum Gasteiger partial charge on any atom is 0.172 e. The smallest absolute Gasteiger partial charge is 0.172 e. The SMILES string of the molecule is COc1cc(CC2CCNC2)cc(Br)c1O. The molecule has 1 aliphatic rings. The van der Waals surface area contributed by atoms with Crippen molar-refractivity contribution < 1.29 is 9.84 Å². The summed E-state index contributed by atoms with van der Waals surface area (Å²) < 4.78 is 5.84. The lowest BCUT2D eigenvalue weighted by Gasteiger charge is -2.12. The number of ether oxygens (including phenoxy) is 1. The normalized spacial score (nSPS) is 20.0. The highest BCUT2D eigenvalue weighted by molar-refractivity contribution is 9.10. The number of benzene rings is 1. The van der Waals surface area contributed by atoms with Gasteiger partial charge in [0, 0.05) is 0 Å². The molecule has 2 N–H and O–H groups in total. The number of phenolic OH excluding ortho intramolecular Hbond substituents is 1. The van der Waals surface area contributed by atoms with E-state index in [4.69, 9.17) is 4.74 Å². The Bertz CT molecular complexity index is 376. The van der Waals surface area contributed by atoms with Crippen LogP contribution in [-0.2, 0) is 6.42 Å². The van der Waals surface area contributed by atoms with Gasteiger partial charge in [-0.15, -0.1) is 0 Å². The van der Waals surface area contributed by atoms with Crippen LogP contribution in [0.2, 0.25) is 0 Å². The van der Waals surface area contributed by atoms with E-state index < -0.39 is 0 Å². The number of halogens is 1. The van der Waals surface area contributed by atoms with Crippen LogP contribution in [0.25, 0.3) is 0 Å². The lowest BCUT2D eigenvalue weighted by atomic mass is 9.98. The van der Waals surface area contributed by atoms with E-state index in [-0.39, 0.29) is 5.75 Å². The number of nitrogens with one attached hydrogen (secondary N) is 1. The summed E-state index contributed by atoms with van der Waals surface area (Å²) in [6.45, 7) is 2.20. The summed E-state index contributed by atoms with van der Waals surface area (Å²) >= 11 is 3.34. The van der Waals surface area contributed by atoms with Crippen molar-refractivity contribution in [2.45, 2.75) is 12.8 Å². The first-order valence-electron chi connectivity index (χ1n) is 5.47. The number of phenols is 1. The van der Waals surface area contributed by atoms with Crippen LogP contribution in [0.4, 0.5) is 0 Å².